The first-order valence-electron chi connectivity index (χ1n) is 13.2. The molecular formula is C31H32N4O4S. The minimum Gasteiger partial charge on any atom is -0.397 e. The summed E-state index contributed by atoms with van der Waals surface area (Å²) in [5.41, 5.74) is 10.4. The number of carbonyl (C=O) groups excluding carboxylic acids is 1. The number of benzene rings is 3. The largest absolute Gasteiger partial charge is 0.397 e. The minimum atomic E-state index is -3.83. The van der Waals surface area contributed by atoms with Gasteiger partial charge in [-0.1, -0.05) is 48.5 Å². The van der Waals surface area contributed by atoms with Crippen LogP contribution < -0.4 is 11.1 Å². The quantitative estimate of drug-likeness (QED) is 0.232. The van der Waals surface area contributed by atoms with E-state index in [4.69, 9.17) is 10.5 Å². The Morgan fingerprint density at radius 2 is 1.70 bits per heavy atom. The number of para-hydroxylation sites is 2. The number of nitrogens with one attached hydrogen (secondary N) is 1. The van der Waals surface area contributed by atoms with Gasteiger partial charge in [-0.2, -0.15) is 0 Å². The average molecular weight is 557 g/mol. The van der Waals surface area contributed by atoms with Gasteiger partial charge in [0.2, 0.25) is 5.91 Å². The molecule has 0 atom stereocenters. The molecule has 1 aromatic heterocycles. The second-order valence-electron chi connectivity index (χ2n) is 9.62. The zero-order chi connectivity index (χ0) is 28.0. The van der Waals surface area contributed by atoms with Crippen molar-refractivity contribution >= 4 is 33.4 Å². The van der Waals surface area contributed by atoms with Gasteiger partial charge in [-0.25, -0.2) is 12.4 Å². The molecule has 1 aliphatic heterocycles. The van der Waals surface area contributed by atoms with E-state index in [9.17, 15) is 13.2 Å². The summed E-state index contributed by atoms with van der Waals surface area (Å²) in [4.78, 5) is 14.9. The molecule has 1 aliphatic rings. The van der Waals surface area contributed by atoms with Gasteiger partial charge in [-0.3, -0.25) is 9.69 Å². The summed E-state index contributed by atoms with van der Waals surface area (Å²) >= 11 is 0. The lowest BCUT2D eigenvalue weighted by atomic mass is 10.0. The van der Waals surface area contributed by atoms with E-state index in [1.165, 1.54) is 24.0 Å². The van der Waals surface area contributed by atoms with Crippen LogP contribution in [0.25, 0.3) is 17.2 Å². The van der Waals surface area contributed by atoms with E-state index in [0.717, 1.165) is 54.4 Å². The molecule has 40 heavy (non-hydrogen) atoms. The molecule has 3 N–H and O–H groups in total. The molecular weight excluding hydrogens is 524 g/mol. The summed E-state index contributed by atoms with van der Waals surface area (Å²) in [5.74, 6) is -0.367. The van der Waals surface area contributed by atoms with Gasteiger partial charge in [-0.05, 0) is 65.1 Å². The number of nitrogens with two attached hydrogens (primary N) is 1. The Bertz CT molecular complexity index is 1620. The summed E-state index contributed by atoms with van der Waals surface area (Å²) in [7, 11) is -3.83. The first-order valence-corrected chi connectivity index (χ1v) is 14.6. The lowest BCUT2D eigenvalue weighted by Crippen LogP contribution is -2.37. The van der Waals surface area contributed by atoms with Crippen molar-refractivity contribution in [3.05, 3.63) is 108 Å². The van der Waals surface area contributed by atoms with Gasteiger partial charge >= 0.3 is 0 Å². The second-order valence-corrected chi connectivity index (χ2v) is 11.5. The van der Waals surface area contributed by atoms with Gasteiger partial charge in [-0.15, -0.1) is 0 Å². The summed E-state index contributed by atoms with van der Waals surface area (Å²) in [5, 5.41) is 2.71. The highest BCUT2D eigenvalue weighted by Gasteiger charge is 2.18. The Labute approximate surface area is 234 Å². The van der Waals surface area contributed by atoms with Crippen molar-refractivity contribution in [3.8, 4) is 11.1 Å². The van der Waals surface area contributed by atoms with Gasteiger partial charge in [0.05, 0.1) is 29.5 Å². The van der Waals surface area contributed by atoms with Gasteiger partial charge in [0.25, 0.3) is 10.0 Å². The zero-order valence-corrected chi connectivity index (χ0v) is 22.9. The van der Waals surface area contributed by atoms with E-state index in [-0.39, 0.29) is 10.8 Å². The predicted octanol–water partition coefficient (Wildman–Crippen LogP) is 4.50. The Kier molecular flexibility index (Phi) is 8.45. The number of amides is 1. The molecule has 0 saturated carbocycles. The average Bonchev–Trinajstić information content (AvgIpc) is 3.47. The maximum Gasteiger partial charge on any atom is 0.267 e. The third-order valence-corrected chi connectivity index (χ3v) is 8.46. The van der Waals surface area contributed by atoms with Gasteiger partial charge in [0.15, 0.2) is 0 Å². The van der Waals surface area contributed by atoms with E-state index in [0.29, 0.717) is 16.9 Å². The molecule has 0 spiro atoms. The normalized spacial score (nSPS) is 14.4. The summed E-state index contributed by atoms with van der Waals surface area (Å²) in [6.45, 7) is 4.42. The lowest BCUT2D eigenvalue weighted by molar-refractivity contribution is -0.111. The van der Waals surface area contributed by atoms with Crippen molar-refractivity contribution in [3.63, 3.8) is 0 Å². The fourth-order valence-corrected chi connectivity index (χ4v) is 5.83. The van der Waals surface area contributed by atoms with Crippen LogP contribution in [0.4, 0.5) is 11.4 Å². The molecule has 0 aliphatic carbocycles. The van der Waals surface area contributed by atoms with E-state index in [1.807, 2.05) is 18.2 Å². The first kappa shape index (κ1) is 27.4. The summed E-state index contributed by atoms with van der Waals surface area (Å²) < 4.78 is 33.4. The zero-order valence-electron chi connectivity index (χ0n) is 22.1. The Balaban J connectivity index is 1.28. The number of anilines is 2. The Morgan fingerprint density at radius 1 is 0.950 bits per heavy atom. The topological polar surface area (TPSA) is 107 Å². The smallest absolute Gasteiger partial charge is 0.267 e. The Morgan fingerprint density at radius 3 is 2.50 bits per heavy atom. The lowest BCUT2D eigenvalue weighted by Gasteiger charge is -2.26. The van der Waals surface area contributed by atoms with Crippen LogP contribution >= 0.6 is 0 Å². The van der Waals surface area contributed by atoms with Crippen molar-refractivity contribution in [2.45, 2.75) is 11.3 Å². The number of nitrogens with zero attached hydrogens (tertiary/aromatic N) is 2. The van der Waals surface area contributed by atoms with E-state index in [1.54, 1.807) is 54.6 Å². The van der Waals surface area contributed by atoms with Crippen LogP contribution in [0, 0.1) is 0 Å². The number of aromatic nitrogens is 1. The molecule has 5 rings (SSSR count). The van der Waals surface area contributed by atoms with Crippen LogP contribution in [0.3, 0.4) is 0 Å². The van der Waals surface area contributed by atoms with Crippen molar-refractivity contribution in [1.29, 1.82) is 0 Å². The van der Waals surface area contributed by atoms with Crippen LogP contribution in [0.5, 0.6) is 0 Å². The molecule has 4 aromatic rings. The molecule has 9 heteroatoms. The maximum absolute atomic E-state index is 13.4. The van der Waals surface area contributed by atoms with Crippen LogP contribution in [-0.4, -0.2) is 56.0 Å². The van der Waals surface area contributed by atoms with Crippen molar-refractivity contribution in [1.82, 2.24) is 8.87 Å². The highest BCUT2D eigenvalue weighted by Crippen LogP contribution is 2.25. The fraction of sp³-hybridized carbons (Fsp3) is 0.194. The van der Waals surface area contributed by atoms with Crippen molar-refractivity contribution < 1.29 is 17.9 Å². The van der Waals surface area contributed by atoms with Crippen LogP contribution in [0.1, 0.15) is 11.1 Å². The number of carbonyl (C=O) groups is 1. The number of nitrogen functional groups attached to an aromatic ring is 1. The SMILES string of the molecule is Nc1ccccc1NC(=O)C=Cc1ccn(S(=O)(=O)c2cccc(-c3cccc(CCN4CCOCC4)c3)c2)c1. The van der Waals surface area contributed by atoms with Crippen molar-refractivity contribution in [2.24, 2.45) is 0 Å². The van der Waals surface area contributed by atoms with Gasteiger partial charge in [0, 0.05) is 38.1 Å². The standard InChI is InChI=1S/C31H32N4O4S/c32-29-9-1-2-10-30(29)33-31(36)12-11-25-14-16-35(23-25)40(37,38)28-8-4-7-27(22-28)26-6-3-5-24(21-26)13-15-34-17-19-39-20-18-34/h1-12,14,16,21-23H,13,15,17-20,32H2,(H,33,36). The molecule has 1 saturated heterocycles. The molecule has 1 amide bonds. The third kappa shape index (κ3) is 6.69. The number of rotatable bonds is 9. The number of hydrogen-bond donors (Lipinski definition) is 2. The maximum atomic E-state index is 13.4. The highest BCUT2D eigenvalue weighted by atomic mass is 32.2. The van der Waals surface area contributed by atoms with Crippen LogP contribution in [0.2, 0.25) is 0 Å². The van der Waals surface area contributed by atoms with Gasteiger partial charge < -0.3 is 15.8 Å². The molecule has 0 radical (unpaired) electrons. The van der Waals surface area contributed by atoms with Crippen molar-refractivity contribution in [2.75, 3.05) is 43.9 Å². The number of ether oxygens (including phenoxy) is 1. The molecule has 0 bridgehead atoms. The fourth-order valence-electron chi connectivity index (χ4n) is 4.57. The second kappa shape index (κ2) is 12.3. The number of hydrogen-bond acceptors (Lipinski definition) is 6. The highest BCUT2D eigenvalue weighted by molar-refractivity contribution is 7.90. The van der Waals surface area contributed by atoms with E-state index < -0.39 is 10.0 Å². The summed E-state index contributed by atoms with van der Waals surface area (Å²) in [6.07, 6.45) is 6.77. The predicted molar refractivity (Wildman–Crippen MR) is 158 cm³/mol. The van der Waals surface area contributed by atoms with Crippen LogP contribution in [-0.2, 0) is 26.0 Å². The monoisotopic (exact) mass is 556 g/mol. The Hall–Kier alpha value is -4.18. The molecule has 0 unspecified atom stereocenters. The summed E-state index contributed by atoms with van der Waals surface area (Å²) in [6, 6.07) is 23.8. The molecule has 206 valence electrons. The molecule has 2 heterocycles. The minimum absolute atomic E-state index is 0.187. The first-order chi connectivity index (χ1) is 19.4. The van der Waals surface area contributed by atoms with Gasteiger partial charge in [0.1, 0.15) is 0 Å². The molecule has 1 fully saturated rings. The van der Waals surface area contributed by atoms with E-state index >= 15 is 0 Å². The third-order valence-electron chi connectivity index (χ3n) is 6.83. The van der Waals surface area contributed by atoms with E-state index in [2.05, 4.69) is 22.3 Å². The molecule has 8 nitrogen and oxygen atoms in total. The van der Waals surface area contributed by atoms with Crippen LogP contribution in [0.15, 0.2) is 102 Å². The number of morpholine rings is 1. The molecule has 3 aromatic carbocycles.